The van der Waals surface area contributed by atoms with Gasteiger partial charge in [-0.25, -0.2) is 0 Å². The lowest BCUT2D eigenvalue weighted by Gasteiger charge is -2.33. The first kappa shape index (κ1) is 73.0. The molecule has 4 nitrogen and oxygen atoms in total. The fourth-order valence-electron chi connectivity index (χ4n) is 23.9. The van der Waals surface area contributed by atoms with Gasteiger partial charge in [0.15, 0.2) is 0 Å². The molecule has 20 aromatic carbocycles. The summed E-state index contributed by atoms with van der Waals surface area (Å²) in [4.78, 5) is 5.10. The zero-order valence-corrected chi connectivity index (χ0v) is 71.2. The standard InChI is InChI=1S/C125H82N4/c1-123(2)103-40-17-11-37-97(103)120-110(123)45-25-52-118(120)129(91-71-58-82(59-72-91)81-56-69-90(70-57-81)128-113-48-22-14-34-94(113)95-35-15-23-49-114(95)128)119-53-27-47-112-122(119)99-39-13-21-44-107(99)125(112)105-42-19-10-33-93(105)101-77-86(63-74-109(101)125)85-62-73-108-100(76-85)92-32-9-18-41-104(92)124(108)106-43-20-12-38-98(106)121-111(124)46-26-51-117(121)126(88-65-54-80(55-66-88)79-28-5-3-6-29-79)89-67-60-83(61-68-89)84-64-75-116-102(78-84)96-36-16-24-50-115(96)127(116)87-30-7-4-8-31-87/h3-78H,1-2H3. The number of rotatable bonds is 12. The number of para-hydroxylation sites is 4. The first-order chi connectivity index (χ1) is 63.8. The molecule has 602 valence electrons. The van der Waals surface area contributed by atoms with Gasteiger partial charge in [-0.1, -0.05) is 354 Å². The van der Waals surface area contributed by atoms with Crippen molar-refractivity contribution in [1.29, 1.82) is 0 Å². The third-order valence-corrected chi connectivity index (χ3v) is 29.4. The van der Waals surface area contributed by atoms with Crippen LogP contribution in [-0.2, 0) is 16.2 Å². The number of nitrogens with zero attached hydrogens (tertiary/aromatic N) is 4. The summed E-state index contributed by atoms with van der Waals surface area (Å²) in [6.07, 6.45) is 0. The molecule has 5 aliphatic carbocycles. The Balaban J connectivity index is 0.578. The van der Waals surface area contributed by atoms with E-state index in [-0.39, 0.29) is 5.41 Å². The SMILES string of the molecule is CC1(C)c2ccccc2-c2c(N(c3ccc(-c4ccc(-n5c6ccccc6c6ccccc65)cc4)cc3)c3cccc4c3-c3ccccc3C43c4ccccc4-c4cc(-c5ccc6c(c5)-c5ccccc5C65c6ccccc6-c6c(N(c7ccc(-c8ccccc8)cc7)c7ccc(-c8ccc9c(c8)c8ccccc8n9-c8ccccc8)cc7)cccc65)ccc43)cccc21. The third-order valence-electron chi connectivity index (χ3n) is 29.4. The highest BCUT2D eigenvalue weighted by molar-refractivity contribution is 6.13. The van der Waals surface area contributed by atoms with Crippen molar-refractivity contribution in [3.63, 3.8) is 0 Å². The normalized spacial score (nSPS) is 15.2. The van der Waals surface area contributed by atoms with Gasteiger partial charge in [0.2, 0.25) is 0 Å². The molecule has 0 saturated heterocycles. The Morgan fingerprint density at radius 1 is 0.178 bits per heavy atom. The molecule has 2 unspecified atom stereocenters. The van der Waals surface area contributed by atoms with E-state index in [9.17, 15) is 0 Å². The first-order valence-corrected chi connectivity index (χ1v) is 45.1. The molecule has 0 fully saturated rings. The fraction of sp³-hybridized carbons (Fsp3) is 0.0400. The first-order valence-electron chi connectivity index (χ1n) is 45.1. The summed E-state index contributed by atoms with van der Waals surface area (Å²) in [7, 11) is 0. The fourth-order valence-corrected chi connectivity index (χ4v) is 23.9. The zero-order valence-electron chi connectivity index (χ0n) is 71.2. The number of hydrogen-bond donors (Lipinski definition) is 0. The second-order valence-electron chi connectivity index (χ2n) is 36.0. The van der Waals surface area contributed by atoms with E-state index in [1.165, 1.54) is 183 Å². The zero-order chi connectivity index (χ0) is 85.0. The monoisotopic (exact) mass is 1640 g/mol. The van der Waals surface area contributed by atoms with E-state index >= 15 is 0 Å². The Morgan fingerprint density at radius 2 is 0.473 bits per heavy atom. The van der Waals surface area contributed by atoms with Gasteiger partial charge in [0.25, 0.3) is 0 Å². The van der Waals surface area contributed by atoms with Gasteiger partial charge in [0, 0.05) is 72.1 Å². The Kier molecular flexibility index (Phi) is 15.7. The smallest absolute Gasteiger partial charge is 0.0726 e. The molecule has 27 rings (SSSR count). The van der Waals surface area contributed by atoms with Gasteiger partial charge in [-0.2, -0.15) is 0 Å². The average molecular weight is 1640 g/mol. The Bertz CT molecular complexity index is 8390. The van der Waals surface area contributed by atoms with Crippen LogP contribution in [0.25, 0.3) is 155 Å². The van der Waals surface area contributed by atoms with Crippen molar-refractivity contribution in [3.05, 3.63) is 517 Å². The minimum atomic E-state index is -0.639. The molecule has 2 aromatic heterocycles. The highest BCUT2D eigenvalue weighted by atomic mass is 15.2. The molecule has 2 atom stereocenters. The van der Waals surface area contributed by atoms with Gasteiger partial charge in [-0.3, -0.25) is 0 Å². The molecule has 0 aliphatic heterocycles. The minimum absolute atomic E-state index is 0.217. The van der Waals surface area contributed by atoms with Crippen LogP contribution in [0.4, 0.5) is 34.1 Å². The summed E-state index contributed by atoms with van der Waals surface area (Å²) in [6, 6.07) is 174. The van der Waals surface area contributed by atoms with Crippen LogP contribution in [0.3, 0.4) is 0 Å². The van der Waals surface area contributed by atoms with Crippen molar-refractivity contribution in [2.24, 2.45) is 0 Å². The van der Waals surface area contributed by atoms with Gasteiger partial charge in [0.05, 0.1) is 50.0 Å². The number of benzene rings is 20. The van der Waals surface area contributed by atoms with Crippen LogP contribution >= 0.6 is 0 Å². The van der Waals surface area contributed by atoms with Crippen LogP contribution in [0.2, 0.25) is 0 Å². The molecular weight excluding hydrogens is 1560 g/mol. The molecule has 2 spiro atoms. The van der Waals surface area contributed by atoms with Crippen molar-refractivity contribution in [2.75, 3.05) is 9.80 Å². The van der Waals surface area contributed by atoms with Crippen molar-refractivity contribution >= 4 is 77.7 Å². The lowest BCUT2D eigenvalue weighted by molar-refractivity contribution is 0.660. The maximum atomic E-state index is 2.60. The van der Waals surface area contributed by atoms with Crippen LogP contribution < -0.4 is 9.80 Å². The molecule has 0 bridgehead atoms. The summed E-state index contributed by atoms with van der Waals surface area (Å²) in [5.41, 5.74) is 47.3. The molecule has 0 amide bonds. The molecule has 2 heterocycles. The van der Waals surface area contributed by atoms with E-state index in [1.54, 1.807) is 0 Å². The molecule has 0 radical (unpaired) electrons. The van der Waals surface area contributed by atoms with Gasteiger partial charge < -0.3 is 18.9 Å². The van der Waals surface area contributed by atoms with E-state index in [0.29, 0.717) is 0 Å². The Hall–Kier alpha value is -16.4. The van der Waals surface area contributed by atoms with Crippen molar-refractivity contribution in [3.8, 4) is 112 Å². The number of hydrogen-bond acceptors (Lipinski definition) is 2. The predicted molar refractivity (Wildman–Crippen MR) is 536 cm³/mol. The van der Waals surface area contributed by atoms with Crippen LogP contribution in [0.5, 0.6) is 0 Å². The maximum absolute atomic E-state index is 2.60. The summed E-state index contributed by atoms with van der Waals surface area (Å²) >= 11 is 0. The van der Waals surface area contributed by atoms with E-state index in [2.05, 4.69) is 494 Å². The summed E-state index contributed by atoms with van der Waals surface area (Å²) < 4.78 is 4.79. The van der Waals surface area contributed by atoms with E-state index in [4.69, 9.17) is 0 Å². The Morgan fingerprint density at radius 3 is 0.953 bits per heavy atom. The van der Waals surface area contributed by atoms with Gasteiger partial charge in [0.1, 0.15) is 0 Å². The lowest BCUT2D eigenvalue weighted by atomic mass is 9.70. The maximum Gasteiger partial charge on any atom is 0.0726 e. The minimum Gasteiger partial charge on any atom is -0.310 e. The molecule has 0 saturated carbocycles. The quantitative estimate of drug-likeness (QED) is 0.121. The Labute approximate surface area is 749 Å². The topological polar surface area (TPSA) is 16.3 Å². The van der Waals surface area contributed by atoms with Crippen molar-refractivity contribution in [1.82, 2.24) is 9.13 Å². The number of aromatic nitrogens is 2. The molecule has 129 heavy (non-hydrogen) atoms. The van der Waals surface area contributed by atoms with E-state index in [1.807, 2.05) is 0 Å². The van der Waals surface area contributed by atoms with Crippen LogP contribution in [0.1, 0.15) is 69.5 Å². The predicted octanol–water partition coefficient (Wildman–Crippen LogP) is 32.5. The van der Waals surface area contributed by atoms with Crippen molar-refractivity contribution < 1.29 is 0 Å². The summed E-state index contributed by atoms with van der Waals surface area (Å²) in [5, 5.41) is 4.99. The summed E-state index contributed by atoms with van der Waals surface area (Å²) in [5.74, 6) is 0. The largest absolute Gasteiger partial charge is 0.310 e. The van der Waals surface area contributed by atoms with Crippen molar-refractivity contribution in [2.45, 2.75) is 30.1 Å². The number of fused-ring (bicyclic) bond motifs is 29. The van der Waals surface area contributed by atoms with Gasteiger partial charge >= 0.3 is 0 Å². The van der Waals surface area contributed by atoms with Crippen LogP contribution in [0, 0.1) is 0 Å². The summed E-state index contributed by atoms with van der Waals surface area (Å²) in [6.45, 7) is 4.79. The molecule has 4 heteroatoms. The van der Waals surface area contributed by atoms with Gasteiger partial charge in [-0.05, 0) is 260 Å². The average Bonchev–Trinajstić information content (AvgIpc) is 1.50. The molecular formula is C125H82N4. The lowest BCUT2D eigenvalue weighted by Crippen LogP contribution is -2.26. The second-order valence-corrected chi connectivity index (χ2v) is 36.0. The van der Waals surface area contributed by atoms with Crippen LogP contribution in [0.15, 0.2) is 461 Å². The highest BCUT2D eigenvalue weighted by Crippen LogP contribution is 2.69. The van der Waals surface area contributed by atoms with Crippen LogP contribution in [-0.4, -0.2) is 9.13 Å². The van der Waals surface area contributed by atoms with Gasteiger partial charge in [-0.15, -0.1) is 0 Å². The molecule has 0 N–H and O–H groups in total. The highest BCUT2D eigenvalue weighted by Gasteiger charge is 2.55. The molecule has 22 aromatic rings. The van der Waals surface area contributed by atoms with E-state index < -0.39 is 10.8 Å². The second kappa shape index (κ2) is 27.8. The third kappa shape index (κ3) is 10.3. The number of anilines is 6. The molecule has 5 aliphatic rings. The van der Waals surface area contributed by atoms with E-state index in [0.717, 1.165) is 62.2 Å².